The maximum atomic E-state index is 14.5. The number of hydrogen-bond donors (Lipinski definition) is 0. The van der Waals surface area contributed by atoms with E-state index in [0.29, 0.717) is 61.4 Å². The molecule has 0 saturated carbocycles. The van der Waals surface area contributed by atoms with Crippen molar-refractivity contribution in [1.29, 1.82) is 0 Å². The Morgan fingerprint density at radius 3 is 2.33 bits per heavy atom. The van der Waals surface area contributed by atoms with Crippen LogP contribution in [0.3, 0.4) is 0 Å². The average Bonchev–Trinajstić information content (AvgIpc) is 2.98. The lowest BCUT2D eigenvalue weighted by Gasteiger charge is -2.47. The summed E-state index contributed by atoms with van der Waals surface area (Å²) in [5.41, 5.74) is 4.56. The van der Waals surface area contributed by atoms with Crippen molar-refractivity contribution in [2.75, 3.05) is 50.8 Å². The first-order valence-corrected chi connectivity index (χ1v) is 14.5. The quantitative estimate of drug-likeness (QED) is 0.409. The van der Waals surface area contributed by atoms with Crippen LogP contribution in [-0.2, 0) is 11.2 Å². The number of fused-ring (bicyclic) bond motifs is 4. The van der Waals surface area contributed by atoms with E-state index in [-0.39, 0.29) is 11.8 Å². The molecule has 1 fully saturated rings. The standard InChI is InChI=1S/C32H34ClN3O4/c1-3-39-27-18-21-12-13-36-30(26(21)20-28(27)40-4-2)29(24-10-5-6-11-25(24)31(36)37)32(38)35-16-14-34(15-17-35)23-9-7-8-22(33)19-23/h5-11,18-20,29-30H,3-4,12-17H2,1-2H3/t29-,30+/m0/s1. The molecular formula is C32H34ClN3O4. The van der Waals surface area contributed by atoms with Crippen LogP contribution in [0.4, 0.5) is 5.69 Å². The molecule has 2 amide bonds. The van der Waals surface area contributed by atoms with Crippen molar-refractivity contribution in [2.45, 2.75) is 32.2 Å². The smallest absolute Gasteiger partial charge is 0.254 e. The second kappa shape index (κ2) is 11.0. The minimum absolute atomic E-state index is 0.0204. The minimum Gasteiger partial charge on any atom is -0.490 e. The Labute approximate surface area is 240 Å². The summed E-state index contributed by atoms with van der Waals surface area (Å²) in [7, 11) is 0. The zero-order valence-corrected chi connectivity index (χ0v) is 23.7. The molecule has 3 aromatic rings. The Kier molecular flexibility index (Phi) is 7.32. The van der Waals surface area contributed by atoms with E-state index in [1.807, 2.05) is 78.2 Å². The molecule has 8 heteroatoms. The lowest BCUT2D eigenvalue weighted by molar-refractivity contribution is -0.135. The predicted molar refractivity (Wildman–Crippen MR) is 156 cm³/mol. The van der Waals surface area contributed by atoms with Gasteiger partial charge in [-0.2, -0.15) is 0 Å². The first-order valence-electron chi connectivity index (χ1n) is 14.1. The second-order valence-corrected chi connectivity index (χ2v) is 10.9. The lowest BCUT2D eigenvalue weighted by atomic mass is 9.75. The van der Waals surface area contributed by atoms with Crippen molar-refractivity contribution in [3.63, 3.8) is 0 Å². The van der Waals surface area contributed by atoms with Crippen molar-refractivity contribution in [1.82, 2.24) is 9.80 Å². The number of nitrogens with zero attached hydrogens (tertiary/aromatic N) is 3. The van der Waals surface area contributed by atoms with Gasteiger partial charge >= 0.3 is 0 Å². The summed E-state index contributed by atoms with van der Waals surface area (Å²) >= 11 is 6.23. The van der Waals surface area contributed by atoms with Crippen molar-refractivity contribution in [3.05, 3.63) is 87.9 Å². The highest BCUT2D eigenvalue weighted by atomic mass is 35.5. The fraction of sp³-hybridized carbons (Fsp3) is 0.375. The molecule has 0 aliphatic carbocycles. The number of piperazine rings is 1. The summed E-state index contributed by atoms with van der Waals surface area (Å²) in [6.45, 7) is 8.11. The molecular weight excluding hydrogens is 526 g/mol. The van der Waals surface area contributed by atoms with Gasteiger partial charge < -0.3 is 24.2 Å². The van der Waals surface area contributed by atoms with E-state index in [1.165, 1.54) is 0 Å². The number of anilines is 1. The number of amides is 2. The van der Waals surface area contributed by atoms with Gasteiger partial charge in [-0.15, -0.1) is 0 Å². The third kappa shape index (κ3) is 4.66. The summed E-state index contributed by atoms with van der Waals surface area (Å²) in [6.07, 6.45) is 0.700. The van der Waals surface area contributed by atoms with Crippen LogP contribution in [0.15, 0.2) is 60.7 Å². The Morgan fingerprint density at radius 2 is 1.60 bits per heavy atom. The summed E-state index contributed by atoms with van der Waals surface area (Å²) < 4.78 is 11.9. The third-order valence-corrected chi connectivity index (χ3v) is 8.45. The SMILES string of the molecule is CCOc1cc2c(cc1OCC)[C@@H]1[C@@H](C(=O)N3CCN(c4cccc(Cl)c4)CC3)c3ccccc3C(=O)N1CC2. The van der Waals surface area contributed by atoms with Crippen molar-refractivity contribution < 1.29 is 19.1 Å². The van der Waals surface area contributed by atoms with Gasteiger partial charge in [-0.25, -0.2) is 0 Å². The van der Waals surface area contributed by atoms with Gasteiger partial charge in [-0.1, -0.05) is 35.9 Å². The Bertz CT molecular complexity index is 1440. The molecule has 0 aromatic heterocycles. The molecule has 1 saturated heterocycles. The van der Waals surface area contributed by atoms with Gasteiger partial charge in [0.05, 0.1) is 25.2 Å². The summed E-state index contributed by atoms with van der Waals surface area (Å²) in [6, 6.07) is 19.1. The van der Waals surface area contributed by atoms with Gasteiger partial charge in [0.1, 0.15) is 0 Å². The average molecular weight is 560 g/mol. The molecule has 208 valence electrons. The van der Waals surface area contributed by atoms with E-state index in [1.54, 1.807) is 0 Å². The highest BCUT2D eigenvalue weighted by molar-refractivity contribution is 6.30. The maximum absolute atomic E-state index is 14.5. The molecule has 6 rings (SSSR count). The van der Waals surface area contributed by atoms with Crippen molar-refractivity contribution in [2.24, 2.45) is 0 Å². The van der Waals surface area contributed by atoms with Gasteiger partial charge in [0, 0.05) is 49.0 Å². The Balaban J connectivity index is 1.37. The van der Waals surface area contributed by atoms with Crippen molar-refractivity contribution in [3.8, 4) is 11.5 Å². The number of halogens is 1. The van der Waals surface area contributed by atoms with E-state index in [2.05, 4.69) is 11.0 Å². The molecule has 0 bridgehead atoms. The van der Waals surface area contributed by atoms with Gasteiger partial charge in [-0.3, -0.25) is 9.59 Å². The number of benzene rings is 3. The number of hydrogen-bond acceptors (Lipinski definition) is 5. The van der Waals surface area contributed by atoms with E-state index in [9.17, 15) is 9.59 Å². The highest BCUT2D eigenvalue weighted by Gasteiger charge is 2.48. The first kappa shape index (κ1) is 26.5. The van der Waals surface area contributed by atoms with Crippen molar-refractivity contribution >= 4 is 29.1 Å². The number of carbonyl (C=O) groups excluding carboxylic acids is 2. The fourth-order valence-corrected chi connectivity index (χ4v) is 6.58. The Morgan fingerprint density at radius 1 is 0.875 bits per heavy atom. The van der Waals surface area contributed by atoms with E-state index in [0.717, 1.165) is 35.5 Å². The van der Waals surface area contributed by atoms with Crippen LogP contribution in [0, 0.1) is 0 Å². The molecule has 0 spiro atoms. The van der Waals surface area contributed by atoms with Crippen LogP contribution >= 0.6 is 11.6 Å². The second-order valence-electron chi connectivity index (χ2n) is 10.4. The number of carbonyl (C=O) groups is 2. The van der Waals surface area contributed by atoms with Gasteiger partial charge in [0.25, 0.3) is 5.91 Å². The summed E-state index contributed by atoms with van der Waals surface area (Å²) in [5, 5.41) is 0.703. The number of ether oxygens (including phenoxy) is 2. The molecule has 3 aliphatic rings. The topological polar surface area (TPSA) is 62.3 Å². The van der Waals surface area contributed by atoms with Crippen LogP contribution in [0.2, 0.25) is 5.02 Å². The zero-order chi connectivity index (χ0) is 27.8. The van der Waals surface area contributed by atoms with E-state index in [4.69, 9.17) is 21.1 Å². The van der Waals surface area contributed by atoms with Gasteiger partial charge in [0.2, 0.25) is 5.91 Å². The lowest BCUT2D eigenvalue weighted by Crippen LogP contribution is -2.54. The molecule has 3 aliphatic heterocycles. The normalized spacial score (nSPS) is 20.0. The number of rotatable bonds is 6. The zero-order valence-electron chi connectivity index (χ0n) is 22.9. The molecule has 0 radical (unpaired) electrons. The van der Waals surface area contributed by atoms with Gasteiger partial charge in [0.15, 0.2) is 11.5 Å². The monoisotopic (exact) mass is 559 g/mol. The third-order valence-electron chi connectivity index (χ3n) is 8.22. The molecule has 0 N–H and O–H groups in total. The maximum Gasteiger partial charge on any atom is 0.254 e. The molecule has 2 atom stereocenters. The van der Waals surface area contributed by atoms with E-state index < -0.39 is 12.0 Å². The van der Waals surface area contributed by atoms with Crippen LogP contribution in [0.1, 0.15) is 52.9 Å². The predicted octanol–water partition coefficient (Wildman–Crippen LogP) is 5.32. The minimum atomic E-state index is -0.502. The largest absolute Gasteiger partial charge is 0.490 e. The molecule has 3 heterocycles. The summed E-state index contributed by atoms with van der Waals surface area (Å²) in [4.78, 5) is 34.3. The van der Waals surface area contributed by atoms with E-state index >= 15 is 0 Å². The van der Waals surface area contributed by atoms with Crippen LogP contribution in [0.25, 0.3) is 0 Å². The van der Waals surface area contributed by atoms with Crippen LogP contribution in [0.5, 0.6) is 11.5 Å². The molecule has 40 heavy (non-hydrogen) atoms. The Hall–Kier alpha value is -3.71. The molecule has 3 aromatic carbocycles. The first-order chi connectivity index (χ1) is 19.5. The van der Waals surface area contributed by atoms with Gasteiger partial charge in [-0.05, 0) is 73.4 Å². The van der Waals surface area contributed by atoms with Crippen LogP contribution < -0.4 is 14.4 Å². The van der Waals surface area contributed by atoms with Crippen LogP contribution in [-0.4, -0.2) is 67.6 Å². The molecule has 7 nitrogen and oxygen atoms in total. The highest BCUT2D eigenvalue weighted by Crippen LogP contribution is 2.49. The summed E-state index contributed by atoms with van der Waals surface area (Å²) in [5.74, 6) is 0.892. The molecule has 0 unspecified atom stereocenters. The fourth-order valence-electron chi connectivity index (χ4n) is 6.39.